The van der Waals surface area contributed by atoms with Crippen molar-refractivity contribution < 1.29 is 9.59 Å². The highest BCUT2D eigenvalue weighted by atomic mass is 16.2. The number of carbonyl (C=O) groups is 2. The number of amides is 1. The van der Waals surface area contributed by atoms with E-state index in [-0.39, 0.29) is 24.2 Å². The second-order valence-electron chi connectivity index (χ2n) is 8.60. The third kappa shape index (κ3) is 3.34. The number of nitrogens with zero attached hydrogens (tertiary/aromatic N) is 2. The Kier molecular flexibility index (Phi) is 4.54. The molecular formula is C25H25N3O2. The zero-order valence-corrected chi connectivity index (χ0v) is 17.1. The molecule has 30 heavy (non-hydrogen) atoms. The monoisotopic (exact) mass is 399 g/mol. The zero-order valence-electron chi connectivity index (χ0n) is 17.1. The third-order valence-electron chi connectivity index (χ3n) is 6.45. The van der Waals surface area contributed by atoms with Gasteiger partial charge in [0.2, 0.25) is 5.91 Å². The lowest BCUT2D eigenvalue weighted by atomic mass is 9.93. The van der Waals surface area contributed by atoms with Crippen LogP contribution in [-0.2, 0) is 11.2 Å². The molecule has 1 aliphatic carbocycles. The molecule has 5 heteroatoms. The lowest BCUT2D eigenvalue weighted by Gasteiger charge is -2.21. The van der Waals surface area contributed by atoms with Crippen molar-refractivity contribution in [3.05, 3.63) is 83.4 Å². The molecule has 2 heterocycles. The summed E-state index contributed by atoms with van der Waals surface area (Å²) in [5, 5.41) is 3.23. The third-order valence-corrected chi connectivity index (χ3v) is 6.45. The first-order valence-electron chi connectivity index (χ1n) is 10.6. The number of rotatable bonds is 5. The lowest BCUT2D eigenvalue weighted by Crippen LogP contribution is -2.37. The highest BCUT2D eigenvalue weighted by Gasteiger charge is 2.51. The number of benzene rings is 2. The molecule has 1 fully saturated rings. The molecule has 1 unspecified atom stereocenters. The number of hydrogen-bond donors (Lipinski definition) is 1. The summed E-state index contributed by atoms with van der Waals surface area (Å²) in [6, 6.07) is 15.7. The fourth-order valence-electron chi connectivity index (χ4n) is 4.39. The highest BCUT2D eigenvalue weighted by Crippen LogP contribution is 2.50. The molecule has 2 aromatic carbocycles. The minimum absolute atomic E-state index is 0.0199. The molecule has 0 spiro atoms. The van der Waals surface area contributed by atoms with E-state index in [1.54, 1.807) is 6.20 Å². The Labute approximate surface area is 176 Å². The smallest absolute Gasteiger partial charge is 0.227 e. The summed E-state index contributed by atoms with van der Waals surface area (Å²) in [6.07, 6.45) is 7.19. The van der Waals surface area contributed by atoms with Gasteiger partial charge in [-0.3, -0.25) is 9.59 Å². The van der Waals surface area contributed by atoms with E-state index in [1.807, 2.05) is 49.5 Å². The first-order chi connectivity index (χ1) is 14.6. The van der Waals surface area contributed by atoms with Crippen LogP contribution in [0.3, 0.4) is 0 Å². The number of para-hydroxylation sites is 1. The average Bonchev–Trinajstić information content (AvgIpc) is 3.41. The fraction of sp³-hybridized carbons (Fsp3) is 0.320. The molecule has 0 saturated heterocycles. The maximum absolute atomic E-state index is 13.2. The molecule has 2 aliphatic rings. The Bertz CT molecular complexity index is 1110. The van der Waals surface area contributed by atoms with Crippen LogP contribution in [0.25, 0.3) is 5.69 Å². The second kappa shape index (κ2) is 7.24. The minimum Gasteiger partial charge on any atom is -0.346 e. The van der Waals surface area contributed by atoms with Crippen molar-refractivity contribution in [2.45, 2.75) is 45.1 Å². The molecule has 1 atom stereocenters. The van der Waals surface area contributed by atoms with Crippen molar-refractivity contribution in [1.29, 1.82) is 0 Å². The summed E-state index contributed by atoms with van der Waals surface area (Å²) in [5.74, 6) is 0.875. The standard InChI is InChI=1S/C25H25N3O2/c1-17-6-8-19(9-7-17)22(29)16-25(12-13-25)24(30)27-20-11-10-18-4-2-3-5-21(18)28-15-14-26-23(20)28/h2-9,14-15,20H,10-13,16H2,1H3,(H,27,30). The number of carbonyl (C=O) groups excluding carboxylic acids is 2. The van der Waals surface area contributed by atoms with Crippen molar-refractivity contribution in [3.8, 4) is 5.69 Å². The van der Waals surface area contributed by atoms with Gasteiger partial charge < -0.3 is 9.88 Å². The summed E-state index contributed by atoms with van der Waals surface area (Å²) in [4.78, 5) is 30.6. The molecule has 0 bridgehead atoms. The van der Waals surface area contributed by atoms with Gasteiger partial charge in [-0.15, -0.1) is 0 Å². The van der Waals surface area contributed by atoms with Crippen molar-refractivity contribution in [3.63, 3.8) is 0 Å². The van der Waals surface area contributed by atoms with Crippen molar-refractivity contribution in [2.75, 3.05) is 0 Å². The van der Waals surface area contributed by atoms with E-state index in [0.29, 0.717) is 5.56 Å². The second-order valence-corrected chi connectivity index (χ2v) is 8.60. The molecule has 3 aromatic rings. The van der Waals surface area contributed by atoms with E-state index in [4.69, 9.17) is 0 Å². The van der Waals surface area contributed by atoms with Crippen LogP contribution in [0.15, 0.2) is 60.9 Å². The molecule has 5 rings (SSSR count). The number of Topliss-reactive ketones (excluding diaryl/α,β-unsaturated/α-hetero) is 1. The Hall–Kier alpha value is -3.21. The van der Waals surface area contributed by atoms with E-state index >= 15 is 0 Å². The summed E-state index contributed by atoms with van der Waals surface area (Å²) >= 11 is 0. The van der Waals surface area contributed by atoms with Crippen molar-refractivity contribution in [1.82, 2.24) is 14.9 Å². The van der Waals surface area contributed by atoms with Gasteiger partial charge >= 0.3 is 0 Å². The van der Waals surface area contributed by atoms with E-state index in [2.05, 4.69) is 27.0 Å². The summed E-state index contributed by atoms with van der Waals surface area (Å²) in [7, 11) is 0. The molecule has 152 valence electrons. The topological polar surface area (TPSA) is 64.0 Å². The predicted octanol–water partition coefficient (Wildman–Crippen LogP) is 4.34. The van der Waals surface area contributed by atoms with Gasteiger partial charge in [0.15, 0.2) is 5.78 Å². The molecule has 1 saturated carbocycles. The van der Waals surface area contributed by atoms with Crippen LogP contribution < -0.4 is 5.32 Å². The molecule has 1 amide bonds. The Balaban J connectivity index is 1.33. The molecule has 1 N–H and O–H groups in total. The van der Waals surface area contributed by atoms with Crippen LogP contribution in [0, 0.1) is 12.3 Å². The Morgan fingerprint density at radius 1 is 1.13 bits per heavy atom. The van der Waals surface area contributed by atoms with Crippen molar-refractivity contribution in [2.24, 2.45) is 5.41 Å². The maximum Gasteiger partial charge on any atom is 0.227 e. The Morgan fingerprint density at radius 3 is 2.67 bits per heavy atom. The molecule has 0 radical (unpaired) electrons. The van der Waals surface area contributed by atoms with Gasteiger partial charge in [-0.05, 0) is 44.2 Å². The van der Waals surface area contributed by atoms with Gasteiger partial charge in [0.25, 0.3) is 0 Å². The number of nitrogens with one attached hydrogen (secondary N) is 1. The lowest BCUT2D eigenvalue weighted by molar-refractivity contribution is -0.127. The van der Waals surface area contributed by atoms with Crippen LogP contribution in [0.1, 0.15) is 59.0 Å². The predicted molar refractivity (Wildman–Crippen MR) is 115 cm³/mol. The SMILES string of the molecule is Cc1ccc(C(=O)CC2(C(=O)NC3CCc4ccccc4-n4ccnc43)CC2)cc1. The zero-order chi connectivity index (χ0) is 20.7. The minimum atomic E-state index is -0.571. The van der Waals surface area contributed by atoms with Gasteiger partial charge in [0, 0.05) is 30.1 Å². The van der Waals surface area contributed by atoms with Gasteiger partial charge in [-0.1, -0.05) is 48.0 Å². The molecule has 1 aliphatic heterocycles. The molecule has 5 nitrogen and oxygen atoms in total. The average molecular weight is 399 g/mol. The number of ketones is 1. The largest absolute Gasteiger partial charge is 0.346 e. The summed E-state index contributed by atoms with van der Waals surface area (Å²) in [6.45, 7) is 2.00. The molecular weight excluding hydrogens is 374 g/mol. The number of fused-ring (bicyclic) bond motifs is 3. The van der Waals surface area contributed by atoms with Crippen LogP contribution in [0.2, 0.25) is 0 Å². The summed E-state index contributed by atoms with van der Waals surface area (Å²) in [5.41, 5.74) is 3.61. The normalized spacial score (nSPS) is 18.6. The number of hydrogen-bond acceptors (Lipinski definition) is 3. The highest BCUT2D eigenvalue weighted by molar-refractivity contribution is 6.00. The van der Waals surface area contributed by atoms with E-state index in [0.717, 1.165) is 42.8 Å². The van der Waals surface area contributed by atoms with Gasteiger partial charge in [0.05, 0.1) is 11.5 Å². The number of imidazole rings is 1. The quantitative estimate of drug-likeness (QED) is 0.649. The van der Waals surface area contributed by atoms with Crippen molar-refractivity contribution >= 4 is 11.7 Å². The summed E-state index contributed by atoms with van der Waals surface area (Å²) < 4.78 is 2.07. The first-order valence-corrected chi connectivity index (χ1v) is 10.6. The number of aryl methyl sites for hydroxylation is 2. The Morgan fingerprint density at radius 2 is 1.90 bits per heavy atom. The van der Waals surface area contributed by atoms with E-state index < -0.39 is 5.41 Å². The van der Waals surface area contributed by atoms with Gasteiger partial charge in [0.1, 0.15) is 5.82 Å². The number of aromatic nitrogens is 2. The van der Waals surface area contributed by atoms with Crippen LogP contribution in [0.4, 0.5) is 0 Å². The van der Waals surface area contributed by atoms with Gasteiger partial charge in [-0.25, -0.2) is 4.98 Å². The van der Waals surface area contributed by atoms with E-state index in [9.17, 15) is 9.59 Å². The van der Waals surface area contributed by atoms with Crippen LogP contribution >= 0.6 is 0 Å². The van der Waals surface area contributed by atoms with E-state index in [1.165, 1.54) is 5.56 Å². The first kappa shape index (κ1) is 18.8. The maximum atomic E-state index is 13.2. The van der Waals surface area contributed by atoms with Crippen LogP contribution in [-0.4, -0.2) is 21.2 Å². The molecule has 1 aromatic heterocycles. The van der Waals surface area contributed by atoms with Gasteiger partial charge in [-0.2, -0.15) is 0 Å². The fourth-order valence-corrected chi connectivity index (χ4v) is 4.39. The van der Waals surface area contributed by atoms with Crippen LogP contribution in [0.5, 0.6) is 0 Å².